The quantitative estimate of drug-likeness (QED) is 0.128. The number of phosphoric acid groups is 1. The van der Waals surface area contributed by atoms with E-state index < -0.39 is 20.0 Å². The first-order valence-corrected chi connectivity index (χ1v) is 12.6. The van der Waals surface area contributed by atoms with Crippen molar-refractivity contribution in [3.05, 3.63) is 12.2 Å². The zero-order valence-corrected chi connectivity index (χ0v) is 20.4. The van der Waals surface area contributed by atoms with E-state index in [0.29, 0.717) is 17.4 Å². The maximum absolute atomic E-state index is 12.2. The Balaban J connectivity index is 4.80. The molecule has 0 heterocycles. The van der Waals surface area contributed by atoms with Crippen molar-refractivity contribution in [1.29, 1.82) is 0 Å². The number of phosphoric ester groups is 1. The largest absolute Gasteiger partial charge is 0.472 e. The van der Waals surface area contributed by atoms with Crippen molar-refractivity contribution >= 4 is 13.7 Å². The Kier molecular flexibility index (Phi) is 15.6. The number of aliphatic hydroxyl groups excluding tert-OH is 1. The zero-order valence-electron chi connectivity index (χ0n) is 19.5. The molecular formula is C21H44N2O6P+. The lowest BCUT2D eigenvalue weighted by Gasteiger charge is -2.25. The van der Waals surface area contributed by atoms with Crippen molar-refractivity contribution in [3.8, 4) is 0 Å². The number of likely N-dealkylation sites (N-methyl/N-ethyl adjacent to an activating group) is 1. The molecule has 1 amide bonds. The van der Waals surface area contributed by atoms with E-state index in [2.05, 4.69) is 19.2 Å². The monoisotopic (exact) mass is 451 g/mol. The molecule has 0 aliphatic heterocycles. The molecule has 30 heavy (non-hydrogen) atoms. The van der Waals surface area contributed by atoms with E-state index in [-0.39, 0.29) is 19.1 Å². The summed E-state index contributed by atoms with van der Waals surface area (Å²) < 4.78 is 22.8. The second-order valence-electron chi connectivity index (χ2n) is 8.66. The number of nitrogens with zero attached hydrogens (tertiary/aromatic N) is 1. The van der Waals surface area contributed by atoms with E-state index in [1.807, 2.05) is 27.2 Å². The van der Waals surface area contributed by atoms with Gasteiger partial charge in [-0.05, 0) is 19.3 Å². The first-order chi connectivity index (χ1) is 14.0. The number of aliphatic hydroxyl groups is 1. The van der Waals surface area contributed by atoms with Crippen molar-refractivity contribution in [1.82, 2.24) is 5.32 Å². The summed E-state index contributed by atoms with van der Waals surface area (Å²) in [6, 6.07) is -0.830. The molecule has 0 aliphatic carbocycles. The number of unbranched alkanes of at least 4 members (excludes halogenated alkanes) is 5. The fourth-order valence-electron chi connectivity index (χ4n) is 2.56. The summed E-state index contributed by atoms with van der Waals surface area (Å²) in [6.45, 7) is 4.45. The molecule has 0 saturated heterocycles. The minimum atomic E-state index is -4.28. The summed E-state index contributed by atoms with van der Waals surface area (Å²) in [7, 11) is 1.55. The van der Waals surface area contributed by atoms with Crippen LogP contribution in [0, 0.1) is 0 Å². The summed E-state index contributed by atoms with van der Waals surface area (Å²) in [5.74, 6) is -0.214. The first kappa shape index (κ1) is 29.2. The third kappa shape index (κ3) is 17.0. The van der Waals surface area contributed by atoms with Crippen LogP contribution in [-0.4, -0.2) is 73.4 Å². The molecule has 0 aromatic carbocycles. The van der Waals surface area contributed by atoms with Crippen LogP contribution in [0.4, 0.5) is 0 Å². The molecule has 3 unspecified atom stereocenters. The minimum Gasteiger partial charge on any atom is -0.387 e. The van der Waals surface area contributed by atoms with Crippen molar-refractivity contribution in [3.63, 3.8) is 0 Å². The highest BCUT2D eigenvalue weighted by Crippen LogP contribution is 2.43. The predicted molar refractivity (Wildman–Crippen MR) is 120 cm³/mol. The number of rotatable bonds is 18. The number of quaternary nitrogens is 1. The van der Waals surface area contributed by atoms with Crippen LogP contribution in [0.25, 0.3) is 0 Å². The second kappa shape index (κ2) is 16.0. The highest BCUT2D eigenvalue weighted by Gasteiger charge is 2.27. The SMILES string of the molecule is CCCCC/C=C/C(O)C(COP(=O)(O)OCC[N+](C)(C)C)NC(=O)CCCCC. The van der Waals surface area contributed by atoms with Gasteiger partial charge in [0.25, 0.3) is 0 Å². The molecule has 8 nitrogen and oxygen atoms in total. The molecule has 3 atom stereocenters. The number of hydrogen-bond acceptors (Lipinski definition) is 5. The molecule has 0 radical (unpaired) electrons. The fourth-order valence-corrected chi connectivity index (χ4v) is 3.30. The molecule has 0 aromatic rings. The van der Waals surface area contributed by atoms with Crippen LogP contribution in [0.5, 0.6) is 0 Å². The molecule has 3 N–H and O–H groups in total. The van der Waals surface area contributed by atoms with E-state index in [0.717, 1.165) is 44.9 Å². The molecule has 9 heteroatoms. The normalized spacial score (nSPS) is 16.4. The lowest BCUT2D eigenvalue weighted by molar-refractivity contribution is -0.870. The third-order valence-electron chi connectivity index (χ3n) is 4.51. The molecule has 0 saturated carbocycles. The smallest absolute Gasteiger partial charge is 0.387 e. The van der Waals surface area contributed by atoms with E-state index in [1.165, 1.54) is 0 Å². The molecule has 0 bridgehead atoms. The lowest BCUT2D eigenvalue weighted by Crippen LogP contribution is -2.45. The Hall–Kier alpha value is -0.760. The Labute approximate surface area is 182 Å². The van der Waals surface area contributed by atoms with Gasteiger partial charge in [-0.25, -0.2) is 4.57 Å². The topological polar surface area (TPSA) is 105 Å². The zero-order chi connectivity index (χ0) is 23.0. The maximum atomic E-state index is 12.2. The molecular weight excluding hydrogens is 407 g/mol. The molecule has 0 aromatic heterocycles. The first-order valence-electron chi connectivity index (χ1n) is 11.1. The number of amides is 1. The Morgan fingerprint density at radius 3 is 2.33 bits per heavy atom. The number of hydrogen-bond donors (Lipinski definition) is 3. The Morgan fingerprint density at radius 1 is 1.10 bits per heavy atom. The lowest BCUT2D eigenvalue weighted by atomic mass is 10.1. The highest BCUT2D eigenvalue weighted by atomic mass is 31.2. The molecule has 178 valence electrons. The maximum Gasteiger partial charge on any atom is 0.472 e. The highest BCUT2D eigenvalue weighted by molar-refractivity contribution is 7.47. The van der Waals surface area contributed by atoms with E-state index >= 15 is 0 Å². The standard InChI is InChI=1S/C21H43N2O6P/c1-6-8-10-11-13-14-20(24)19(22-21(25)15-12-9-7-2)18-29-30(26,27)28-17-16-23(3,4)5/h13-14,19-20,24H,6-12,15-18H2,1-5H3,(H-,22,25,26,27)/p+1/b14-13+. The molecule has 0 aliphatic rings. The number of nitrogens with one attached hydrogen (secondary N) is 1. The van der Waals surface area contributed by atoms with Gasteiger partial charge >= 0.3 is 7.82 Å². The third-order valence-corrected chi connectivity index (χ3v) is 5.49. The van der Waals surface area contributed by atoms with Gasteiger partial charge in [-0.1, -0.05) is 51.7 Å². The van der Waals surface area contributed by atoms with E-state index in [1.54, 1.807) is 6.08 Å². The average Bonchev–Trinajstić information content (AvgIpc) is 2.63. The van der Waals surface area contributed by atoms with Gasteiger partial charge in [0.1, 0.15) is 13.2 Å². The Bertz CT molecular complexity index is 536. The minimum absolute atomic E-state index is 0.0607. The summed E-state index contributed by atoms with van der Waals surface area (Å²) in [4.78, 5) is 22.1. The van der Waals surface area contributed by atoms with Crippen LogP contribution in [0.2, 0.25) is 0 Å². The van der Waals surface area contributed by atoms with Crippen LogP contribution in [0.3, 0.4) is 0 Å². The van der Waals surface area contributed by atoms with E-state index in [9.17, 15) is 19.4 Å². The fraction of sp³-hybridized carbons (Fsp3) is 0.857. The predicted octanol–water partition coefficient (Wildman–Crippen LogP) is 3.39. The van der Waals surface area contributed by atoms with Crippen LogP contribution < -0.4 is 5.32 Å². The summed E-state index contributed by atoms with van der Waals surface area (Å²) in [6.07, 6.45) is 9.57. The van der Waals surface area contributed by atoms with Gasteiger partial charge in [-0.15, -0.1) is 0 Å². The van der Waals surface area contributed by atoms with Crippen LogP contribution in [-0.2, 0) is 18.4 Å². The van der Waals surface area contributed by atoms with Gasteiger partial charge in [-0.3, -0.25) is 13.8 Å². The van der Waals surface area contributed by atoms with Crippen molar-refractivity contribution in [2.45, 2.75) is 77.4 Å². The summed E-state index contributed by atoms with van der Waals surface area (Å²) in [5, 5.41) is 13.2. The molecule has 0 rings (SSSR count). The van der Waals surface area contributed by atoms with Crippen molar-refractivity contribution in [2.24, 2.45) is 0 Å². The average molecular weight is 452 g/mol. The van der Waals surface area contributed by atoms with Gasteiger partial charge < -0.3 is 19.8 Å². The summed E-state index contributed by atoms with van der Waals surface area (Å²) >= 11 is 0. The van der Waals surface area contributed by atoms with Gasteiger partial charge in [-0.2, -0.15) is 0 Å². The van der Waals surface area contributed by atoms with Gasteiger partial charge in [0.05, 0.1) is 39.9 Å². The van der Waals surface area contributed by atoms with Crippen LogP contribution in [0.1, 0.15) is 65.2 Å². The number of carbonyl (C=O) groups is 1. The van der Waals surface area contributed by atoms with E-state index in [4.69, 9.17) is 9.05 Å². The van der Waals surface area contributed by atoms with Gasteiger partial charge in [0, 0.05) is 6.42 Å². The molecule has 0 fully saturated rings. The van der Waals surface area contributed by atoms with Gasteiger partial charge in [0.2, 0.25) is 5.91 Å². The van der Waals surface area contributed by atoms with Crippen LogP contribution >= 0.6 is 7.82 Å². The van der Waals surface area contributed by atoms with Crippen molar-refractivity contribution < 1.29 is 32.9 Å². The molecule has 0 spiro atoms. The number of allylic oxidation sites excluding steroid dienone is 1. The van der Waals surface area contributed by atoms with Crippen molar-refractivity contribution in [2.75, 3.05) is 40.9 Å². The Morgan fingerprint density at radius 2 is 1.73 bits per heavy atom. The number of carbonyl (C=O) groups excluding carboxylic acids is 1. The van der Waals surface area contributed by atoms with Crippen LogP contribution in [0.15, 0.2) is 12.2 Å². The summed E-state index contributed by atoms with van der Waals surface area (Å²) in [5.41, 5.74) is 0. The second-order valence-corrected chi connectivity index (χ2v) is 10.1. The van der Waals surface area contributed by atoms with Gasteiger partial charge in [0.15, 0.2) is 0 Å².